The highest BCUT2D eigenvalue weighted by Crippen LogP contribution is 2.36. The Kier molecular flexibility index (Phi) is 7.41. The number of carbonyl (C=O) groups is 1. The highest BCUT2D eigenvalue weighted by atomic mass is 35.5. The van der Waals surface area contributed by atoms with Crippen LogP contribution < -0.4 is 24.3 Å². The van der Waals surface area contributed by atoms with Crippen LogP contribution in [-0.2, 0) is 0 Å². The molecule has 0 aliphatic rings. The smallest absolute Gasteiger partial charge is 0.417 e. The Morgan fingerprint density at radius 2 is 1.69 bits per heavy atom. The van der Waals surface area contributed by atoms with Gasteiger partial charge in [0.25, 0.3) is 0 Å². The fourth-order valence-electron chi connectivity index (χ4n) is 2.14. The van der Waals surface area contributed by atoms with Crippen molar-refractivity contribution in [3.05, 3.63) is 41.4 Å². The van der Waals surface area contributed by atoms with E-state index in [1.165, 1.54) is 20.3 Å². The van der Waals surface area contributed by atoms with E-state index >= 15 is 0 Å². The largest absolute Gasteiger partial charge is 0.495 e. The molecule has 2 rings (SSSR count). The number of nitrogens with one attached hydrogen (secondary N) is 1. The molecule has 0 saturated carbocycles. The fourth-order valence-corrected chi connectivity index (χ4v) is 2.38. The Morgan fingerprint density at radius 1 is 1.04 bits per heavy atom. The molecule has 0 radical (unpaired) electrons. The molecule has 0 unspecified atom stereocenters. The van der Waals surface area contributed by atoms with Crippen molar-refractivity contribution < 1.29 is 23.7 Å². The number of methoxy groups -OCH3 is 2. The van der Waals surface area contributed by atoms with Gasteiger partial charge in [-0.1, -0.05) is 24.9 Å². The standard InChI is InChI=1S/C19H22ClNO5/c1-4-5-10-25-13-6-8-14(9-7-13)26-19(22)21-16-11-15(20)17(23-2)12-18(16)24-3/h6-9,11-12H,4-5,10H2,1-3H3,(H,21,22). The number of halogens is 1. The molecule has 0 bridgehead atoms. The predicted octanol–water partition coefficient (Wildman–Crippen LogP) is 5.15. The summed E-state index contributed by atoms with van der Waals surface area (Å²) in [4.78, 5) is 12.1. The lowest BCUT2D eigenvalue weighted by molar-refractivity contribution is 0.215. The first-order valence-corrected chi connectivity index (χ1v) is 8.58. The molecule has 0 aromatic heterocycles. The maximum atomic E-state index is 12.1. The van der Waals surface area contributed by atoms with Gasteiger partial charge in [0, 0.05) is 6.07 Å². The van der Waals surface area contributed by atoms with E-state index in [-0.39, 0.29) is 0 Å². The van der Waals surface area contributed by atoms with Gasteiger partial charge in [-0.2, -0.15) is 0 Å². The second-order valence-electron chi connectivity index (χ2n) is 5.37. The van der Waals surface area contributed by atoms with Crippen molar-refractivity contribution >= 4 is 23.4 Å². The molecule has 0 spiro atoms. The molecule has 0 fully saturated rings. The summed E-state index contributed by atoms with van der Waals surface area (Å²) in [6, 6.07) is 9.95. The van der Waals surface area contributed by atoms with Crippen LogP contribution in [0.25, 0.3) is 0 Å². The quantitative estimate of drug-likeness (QED) is 0.643. The maximum Gasteiger partial charge on any atom is 0.417 e. The predicted molar refractivity (Wildman–Crippen MR) is 101 cm³/mol. The highest BCUT2D eigenvalue weighted by Gasteiger charge is 2.13. The van der Waals surface area contributed by atoms with E-state index in [9.17, 15) is 4.79 Å². The van der Waals surface area contributed by atoms with E-state index in [1.807, 2.05) is 0 Å². The van der Waals surface area contributed by atoms with Crippen molar-refractivity contribution in [1.29, 1.82) is 0 Å². The van der Waals surface area contributed by atoms with Crippen LogP contribution in [0.5, 0.6) is 23.0 Å². The van der Waals surface area contributed by atoms with Gasteiger partial charge in [0.15, 0.2) is 0 Å². The van der Waals surface area contributed by atoms with Crippen molar-refractivity contribution in [2.45, 2.75) is 19.8 Å². The van der Waals surface area contributed by atoms with Crippen LogP contribution in [0.3, 0.4) is 0 Å². The third kappa shape index (κ3) is 5.46. The van der Waals surface area contributed by atoms with Crippen LogP contribution in [0.4, 0.5) is 10.5 Å². The van der Waals surface area contributed by atoms with E-state index < -0.39 is 6.09 Å². The lowest BCUT2D eigenvalue weighted by Crippen LogP contribution is -2.17. The average Bonchev–Trinajstić information content (AvgIpc) is 2.63. The summed E-state index contributed by atoms with van der Waals surface area (Å²) >= 11 is 6.09. The maximum absolute atomic E-state index is 12.1. The number of carbonyl (C=O) groups excluding carboxylic acids is 1. The van der Waals surface area contributed by atoms with Crippen LogP contribution in [-0.4, -0.2) is 26.9 Å². The number of hydrogen-bond donors (Lipinski definition) is 1. The molecule has 7 heteroatoms. The first-order valence-electron chi connectivity index (χ1n) is 8.20. The topological polar surface area (TPSA) is 66.0 Å². The molecule has 26 heavy (non-hydrogen) atoms. The van der Waals surface area contributed by atoms with Crippen LogP contribution in [0, 0.1) is 0 Å². The van der Waals surface area contributed by atoms with E-state index in [0.29, 0.717) is 34.6 Å². The summed E-state index contributed by atoms with van der Waals surface area (Å²) in [6.07, 6.45) is 1.40. The van der Waals surface area contributed by atoms with Gasteiger partial charge in [0.2, 0.25) is 0 Å². The average molecular weight is 380 g/mol. The number of benzene rings is 2. The molecule has 0 aliphatic carbocycles. The van der Waals surface area contributed by atoms with Gasteiger partial charge in [0.05, 0.1) is 31.5 Å². The van der Waals surface area contributed by atoms with Gasteiger partial charge < -0.3 is 18.9 Å². The number of hydrogen-bond acceptors (Lipinski definition) is 5. The van der Waals surface area contributed by atoms with Crippen molar-refractivity contribution in [3.63, 3.8) is 0 Å². The minimum absolute atomic E-state index is 0.345. The van der Waals surface area contributed by atoms with E-state index in [0.717, 1.165) is 18.6 Å². The van der Waals surface area contributed by atoms with Crippen molar-refractivity contribution in [3.8, 4) is 23.0 Å². The number of amides is 1. The van der Waals surface area contributed by atoms with Gasteiger partial charge >= 0.3 is 6.09 Å². The molecule has 140 valence electrons. The monoisotopic (exact) mass is 379 g/mol. The van der Waals surface area contributed by atoms with Crippen molar-refractivity contribution in [2.75, 3.05) is 26.1 Å². The fraction of sp³-hybridized carbons (Fsp3) is 0.316. The van der Waals surface area contributed by atoms with Gasteiger partial charge in [-0.15, -0.1) is 0 Å². The second kappa shape index (κ2) is 9.77. The Morgan fingerprint density at radius 3 is 2.31 bits per heavy atom. The molecule has 2 aromatic rings. The SMILES string of the molecule is CCCCOc1ccc(OC(=O)Nc2cc(Cl)c(OC)cc2OC)cc1. The summed E-state index contributed by atoms with van der Waals surface area (Å²) < 4.78 is 21.2. The third-order valence-electron chi connectivity index (χ3n) is 3.51. The summed E-state index contributed by atoms with van der Waals surface area (Å²) in [5, 5.41) is 2.95. The molecule has 2 aromatic carbocycles. The highest BCUT2D eigenvalue weighted by molar-refractivity contribution is 6.32. The summed E-state index contributed by atoms with van der Waals surface area (Å²) in [6.45, 7) is 2.76. The zero-order chi connectivity index (χ0) is 18.9. The van der Waals surface area contributed by atoms with E-state index in [1.54, 1.807) is 30.3 Å². The molecule has 1 N–H and O–H groups in total. The summed E-state index contributed by atoms with van der Waals surface area (Å²) in [5.41, 5.74) is 0.378. The van der Waals surface area contributed by atoms with E-state index in [2.05, 4.69) is 12.2 Å². The molecule has 0 aliphatic heterocycles. The molecular weight excluding hydrogens is 358 g/mol. The van der Waals surface area contributed by atoms with Gasteiger partial charge in [-0.05, 0) is 36.8 Å². The number of anilines is 1. The van der Waals surface area contributed by atoms with Gasteiger partial charge in [-0.25, -0.2) is 4.79 Å². The molecular formula is C19H22ClNO5. The second-order valence-corrected chi connectivity index (χ2v) is 5.78. The molecule has 0 heterocycles. The Hall–Kier alpha value is -2.60. The van der Waals surface area contributed by atoms with E-state index in [4.69, 9.17) is 30.5 Å². The van der Waals surface area contributed by atoms with Crippen LogP contribution in [0.15, 0.2) is 36.4 Å². The Bertz CT molecular complexity index is 733. The van der Waals surface area contributed by atoms with Crippen LogP contribution in [0.1, 0.15) is 19.8 Å². The van der Waals surface area contributed by atoms with Crippen LogP contribution >= 0.6 is 11.6 Å². The zero-order valence-corrected chi connectivity index (χ0v) is 15.8. The lowest BCUT2D eigenvalue weighted by Gasteiger charge is -2.13. The lowest BCUT2D eigenvalue weighted by atomic mass is 10.2. The molecule has 1 amide bonds. The third-order valence-corrected chi connectivity index (χ3v) is 3.81. The first-order chi connectivity index (χ1) is 12.6. The zero-order valence-electron chi connectivity index (χ0n) is 15.0. The minimum atomic E-state index is -0.663. The van der Waals surface area contributed by atoms with Crippen molar-refractivity contribution in [1.82, 2.24) is 0 Å². The molecule has 6 nitrogen and oxygen atoms in total. The minimum Gasteiger partial charge on any atom is -0.495 e. The Labute approximate surface area is 158 Å². The number of unbranched alkanes of at least 4 members (excludes halogenated alkanes) is 1. The van der Waals surface area contributed by atoms with Crippen molar-refractivity contribution in [2.24, 2.45) is 0 Å². The molecule has 0 atom stereocenters. The number of rotatable bonds is 8. The first kappa shape index (κ1) is 19.7. The summed E-state index contributed by atoms with van der Waals surface area (Å²) in [5.74, 6) is 1.97. The van der Waals surface area contributed by atoms with Gasteiger partial charge in [0.1, 0.15) is 23.0 Å². The Balaban J connectivity index is 1.99. The normalized spacial score (nSPS) is 10.2. The summed E-state index contributed by atoms with van der Waals surface area (Å²) in [7, 11) is 2.98. The van der Waals surface area contributed by atoms with Gasteiger partial charge in [-0.3, -0.25) is 5.32 Å². The number of ether oxygens (including phenoxy) is 4. The van der Waals surface area contributed by atoms with Crippen LogP contribution in [0.2, 0.25) is 5.02 Å². The molecule has 0 saturated heterocycles.